The molecule has 0 aliphatic heterocycles. The second kappa shape index (κ2) is 5.18. The van der Waals surface area contributed by atoms with Gasteiger partial charge in [0.15, 0.2) is 0 Å². The standard InChI is InChI=1S/C13H12N4OS2/c1-8-6-11(17(2)16-8)15-12(18)9-7-20-13(14-9)10-4-3-5-19-10/h3-7H,1-2H3,(H,15,18). The highest BCUT2D eigenvalue weighted by atomic mass is 32.1. The minimum absolute atomic E-state index is 0.216. The van der Waals surface area contributed by atoms with Gasteiger partial charge in [0, 0.05) is 18.5 Å². The van der Waals surface area contributed by atoms with Gasteiger partial charge in [0.05, 0.1) is 10.6 Å². The summed E-state index contributed by atoms with van der Waals surface area (Å²) in [4.78, 5) is 17.6. The molecule has 0 saturated heterocycles. The van der Waals surface area contributed by atoms with Crippen LogP contribution in [0.25, 0.3) is 9.88 Å². The first-order chi connectivity index (χ1) is 9.63. The zero-order chi connectivity index (χ0) is 14.1. The maximum absolute atomic E-state index is 12.2. The molecule has 0 aromatic carbocycles. The Hall–Kier alpha value is -1.99. The van der Waals surface area contributed by atoms with E-state index in [1.807, 2.05) is 30.5 Å². The van der Waals surface area contributed by atoms with Crippen molar-refractivity contribution in [2.24, 2.45) is 7.05 Å². The minimum atomic E-state index is -0.216. The Balaban J connectivity index is 1.79. The monoisotopic (exact) mass is 304 g/mol. The lowest BCUT2D eigenvalue weighted by Crippen LogP contribution is -2.14. The molecule has 0 aliphatic rings. The third kappa shape index (κ3) is 2.50. The molecule has 0 fully saturated rings. The van der Waals surface area contributed by atoms with Gasteiger partial charge in [0.1, 0.15) is 16.5 Å². The average molecular weight is 304 g/mol. The van der Waals surface area contributed by atoms with E-state index >= 15 is 0 Å². The molecule has 1 amide bonds. The summed E-state index contributed by atoms with van der Waals surface area (Å²) in [5, 5.41) is 11.6. The van der Waals surface area contributed by atoms with Crippen LogP contribution in [0.3, 0.4) is 0 Å². The molecule has 3 rings (SSSR count). The predicted octanol–water partition coefficient (Wildman–Crippen LogP) is 3.17. The predicted molar refractivity (Wildman–Crippen MR) is 81.3 cm³/mol. The number of thiazole rings is 1. The van der Waals surface area contributed by atoms with Gasteiger partial charge in [0.2, 0.25) is 0 Å². The number of rotatable bonds is 3. The third-order valence-electron chi connectivity index (χ3n) is 2.71. The third-order valence-corrected chi connectivity index (χ3v) is 4.59. The van der Waals surface area contributed by atoms with Crippen LogP contribution in [0.5, 0.6) is 0 Å². The van der Waals surface area contributed by atoms with Crippen LogP contribution in [-0.4, -0.2) is 20.7 Å². The van der Waals surface area contributed by atoms with Crippen molar-refractivity contribution < 1.29 is 4.79 Å². The lowest BCUT2D eigenvalue weighted by Gasteiger charge is -2.02. The fourth-order valence-corrected chi connectivity index (χ4v) is 3.41. The zero-order valence-electron chi connectivity index (χ0n) is 11.0. The molecule has 0 bridgehead atoms. The molecular weight excluding hydrogens is 292 g/mol. The van der Waals surface area contributed by atoms with Crippen molar-refractivity contribution in [2.75, 3.05) is 5.32 Å². The summed E-state index contributed by atoms with van der Waals surface area (Å²) in [6.07, 6.45) is 0. The topological polar surface area (TPSA) is 59.8 Å². The number of hydrogen-bond acceptors (Lipinski definition) is 5. The molecule has 0 aliphatic carbocycles. The molecule has 1 N–H and O–H groups in total. The molecule has 0 unspecified atom stereocenters. The van der Waals surface area contributed by atoms with E-state index in [9.17, 15) is 4.79 Å². The smallest absolute Gasteiger partial charge is 0.276 e. The van der Waals surface area contributed by atoms with Gasteiger partial charge >= 0.3 is 0 Å². The van der Waals surface area contributed by atoms with Crippen molar-refractivity contribution in [2.45, 2.75) is 6.92 Å². The van der Waals surface area contributed by atoms with Crippen molar-refractivity contribution in [3.8, 4) is 9.88 Å². The lowest BCUT2D eigenvalue weighted by atomic mass is 10.4. The number of aryl methyl sites for hydroxylation is 2. The van der Waals surface area contributed by atoms with Crippen LogP contribution in [0.2, 0.25) is 0 Å². The highest BCUT2D eigenvalue weighted by Crippen LogP contribution is 2.28. The van der Waals surface area contributed by atoms with Gasteiger partial charge in [-0.2, -0.15) is 5.10 Å². The number of anilines is 1. The van der Waals surface area contributed by atoms with Crippen molar-refractivity contribution in [3.63, 3.8) is 0 Å². The molecule has 20 heavy (non-hydrogen) atoms. The number of thiophene rings is 1. The van der Waals surface area contributed by atoms with E-state index in [1.54, 1.807) is 28.4 Å². The first-order valence-corrected chi connectivity index (χ1v) is 7.71. The van der Waals surface area contributed by atoms with Gasteiger partial charge in [-0.1, -0.05) is 6.07 Å². The number of aromatic nitrogens is 3. The van der Waals surface area contributed by atoms with Crippen LogP contribution >= 0.6 is 22.7 Å². The Morgan fingerprint density at radius 2 is 2.25 bits per heavy atom. The van der Waals surface area contributed by atoms with E-state index in [1.165, 1.54) is 11.3 Å². The SMILES string of the molecule is Cc1cc(NC(=O)c2csc(-c3cccs3)n2)n(C)n1. The molecule has 0 radical (unpaired) electrons. The second-order valence-electron chi connectivity index (χ2n) is 4.26. The van der Waals surface area contributed by atoms with Crippen molar-refractivity contribution in [1.29, 1.82) is 0 Å². The van der Waals surface area contributed by atoms with E-state index < -0.39 is 0 Å². The number of carbonyl (C=O) groups excluding carboxylic acids is 1. The van der Waals surface area contributed by atoms with Gasteiger partial charge in [0.25, 0.3) is 5.91 Å². The molecule has 3 heterocycles. The van der Waals surface area contributed by atoms with Crippen LogP contribution < -0.4 is 5.32 Å². The fourth-order valence-electron chi connectivity index (χ4n) is 1.80. The van der Waals surface area contributed by atoms with Crippen LogP contribution in [0.15, 0.2) is 29.0 Å². The largest absolute Gasteiger partial charge is 0.305 e. The van der Waals surface area contributed by atoms with E-state index in [0.717, 1.165) is 15.6 Å². The summed E-state index contributed by atoms with van der Waals surface area (Å²) in [5.74, 6) is 0.449. The maximum atomic E-state index is 12.2. The highest BCUT2D eigenvalue weighted by Gasteiger charge is 2.14. The minimum Gasteiger partial charge on any atom is -0.305 e. The van der Waals surface area contributed by atoms with Crippen LogP contribution in [0.4, 0.5) is 5.82 Å². The van der Waals surface area contributed by atoms with E-state index in [2.05, 4.69) is 15.4 Å². The lowest BCUT2D eigenvalue weighted by molar-refractivity contribution is 0.102. The quantitative estimate of drug-likeness (QED) is 0.808. The summed E-state index contributed by atoms with van der Waals surface area (Å²) in [7, 11) is 1.79. The van der Waals surface area contributed by atoms with Crippen LogP contribution in [-0.2, 0) is 7.05 Å². The van der Waals surface area contributed by atoms with E-state index in [0.29, 0.717) is 11.5 Å². The number of hydrogen-bond donors (Lipinski definition) is 1. The highest BCUT2D eigenvalue weighted by molar-refractivity contribution is 7.20. The first-order valence-electron chi connectivity index (χ1n) is 5.95. The number of nitrogens with one attached hydrogen (secondary N) is 1. The van der Waals surface area contributed by atoms with Crippen LogP contribution in [0.1, 0.15) is 16.2 Å². The molecule has 0 spiro atoms. The summed E-state index contributed by atoms with van der Waals surface area (Å²) in [6, 6.07) is 5.79. The number of carbonyl (C=O) groups is 1. The van der Waals surface area contributed by atoms with Crippen LogP contribution in [0, 0.1) is 6.92 Å². The van der Waals surface area contributed by atoms with Gasteiger partial charge in [-0.15, -0.1) is 22.7 Å². The average Bonchev–Trinajstić information content (AvgIpc) is 3.11. The number of nitrogens with zero attached hydrogens (tertiary/aromatic N) is 3. The Morgan fingerprint density at radius 3 is 2.90 bits per heavy atom. The first kappa shape index (κ1) is 13.0. The molecule has 7 heteroatoms. The van der Waals surface area contributed by atoms with Crippen molar-refractivity contribution in [1.82, 2.24) is 14.8 Å². The normalized spacial score (nSPS) is 10.7. The van der Waals surface area contributed by atoms with Crippen molar-refractivity contribution in [3.05, 3.63) is 40.3 Å². The molecule has 0 saturated carbocycles. The molecule has 3 aromatic rings. The van der Waals surface area contributed by atoms with E-state index in [-0.39, 0.29) is 5.91 Å². The molecule has 5 nitrogen and oxygen atoms in total. The molecule has 102 valence electrons. The zero-order valence-corrected chi connectivity index (χ0v) is 12.6. The molecular formula is C13H12N4OS2. The van der Waals surface area contributed by atoms with Gasteiger partial charge in [-0.25, -0.2) is 4.98 Å². The Morgan fingerprint density at radius 1 is 1.40 bits per heavy atom. The summed E-state index contributed by atoms with van der Waals surface area (Å²) in [6.45, 7) is 1.88. The summed E-state index contributed by atoms with van der Waals surface area (Å²) in [5.41, 5.74) is 1.29. The summed E-state index contributed by atoms with van der Waals surface area (Å²) < 4.78 is 1.64. The van der Waals surface area contributed by atoms with Crippen molar-refractivity contribution >= 4 is 34.4 Å². The Kier molecular flexibility index (Phi) is 3.37. The van der Waals surface area contributed by atoms with E-state index in [4.69, 9.17) is 0 Å². The maximum Gasteiger partial charge on any atom is 0.276 e. The summed E-state index contributed by atoms with van der Waals surface area (Å²) >= 11 is 3.08. The van der Waals surface area contributed by atoms with Gasteiger partial charge in [-0.05, 0) is 18.4 Å². The Labute approximate surface area is 123 Å². The molecule has 0 atom stereocenters. The van der Waals surface area contributed by atoms with Gasteiger partial charge in [-0.3, -0.25) is 9.48 Å². The Bertz CT molecular complexity index is 742. The number of amides is 1. The second-order valence-corrected chi connectivity index (χ2v) is 6.07. The molecule has 3 aromatic heterocycles. The fraction of sp³-hybridized carbons (Fsp3) is 0.154. The van der Waals surface area contributed by atoms with Gasteiger partial charge < -0.3 is 5.32 Å².